The maximum Gasteiger partial charge on any atom is 0.199 e. The SMILES string of the molecule is COCCOc1cccc(Cc2nc(C)c(Cc3cccc(OCCOC)c3)o2)c1.N. The highest BCUT2D eigenvalue weighted by Crippen LogP contribution is 2.22. The van der Waals surface area contributed by atoms with E-state index in [2.05, 4.69) is 11.1 Å². The van der Waals surface area contributed by atoms with Gasteiger partial charge in [-0.2, -0.15) is 0 Å². The molecule has 0 bridgehead atoms. The number of rotatable bonds is 12. The Balaban J connectivity index is 0.00000341. The van der Waals surface area contributed by atoms with E-state index in [0.29, 0.717) is 45.2 Å². The van der Waals surface area contributed by atoms with E-state index < -0.39 is 0 Å². The van der Waals surface area contributed by atoms with Crippen molar-refractivity contribution in [1.82, 2.24) is 11.1 Å². The lowest BCUT2D eigenvalue weighted by molar-refractivity contribution is 0.146. The minimum absolute atomic E-state index is 0. The molecule has 7 nitrogen and oxygen atoms in total. The fourth-order valence-electron chi connectivity index (χ4n) is 3.06. The Morgan fingerprint density at radius 1 is 0.774 bits per heavy atom. The summed E-state index contributed by atoms with van der Waals surface area (Å²) < 4.78 is 27.5. The van der Waals surface area contributed by atoms with E-state index in [0.717, 1.165) is 34.1 Å². The average molecular weight is 429 g/mol. The van der Waals surface area contributed by atoms with Crippen LogP contribution in [0.1, 0.15) is 28.5 Å². The first-order valence-corrected chi connectivity index (χ1v) is 10.0. The molecule has 1 heterocycles. The second-order valence-corrected chi connectivity index (χ2v) is 6.95. The molecule has 31 heavy (non-hydrogen) atoms. The van der Waals surface area contributed by atoms with Crippen LogP contribution in [0.25, 0.3) is 0 Å². The molecule has 3 rings (SSSR count). The topological polar surface area (TPSA) is 98.0 Å². The van der Waals surface area contributed by atoms with Gasteiger partial charge in [-0.1, -0.05) is 24.3 Å². The Labute approximate surface area is 183 Å². The van der Waals surface area contributed by atoms with Crippen LogP contribution in [0, 0.1) is 6.92 Å². The number of hydrogen-bond acceptors (Lipinski definition) is 7. The summed E-state index contributed by atoms with van der Waals surface area (Å²) in [4.78, 5) is 4.62. The van der Waals surface area contributed by atoms with Crippen LogP contribution >= 0.6 is 0 Å². The second-order valence-electron chi connectivity index (χ2n) is 6.95. The number of aryl methyl sites for hydroxylation is 1. The van der Waals surface area contributed by atoms with Crippen LogP contribution in [0.2, 0.25) is 0 Å². The van der Waals surface area contributed by atoms with Gasteiger partial charge in [0.05, 0.1) is 18.9 Å². The van der Waals surface area contributed by atoms with Crippen molar-refractivity contribution in [1.29, 1.82) is 0 Å². The molecule has 7 heteroatoms. The minimum atomic E-state index is 0. The minimum Gasteiger partial charge on any atom is -0.491 e. The van der Waals surface area contributed by atoms with E-state index in [1.165, 1.54) is 0 Å². The van der Waals surface area contributed by atoms with Crippen LogP contribution in [0.15, 0.2) is 52.9 Å². The third kappa shape index (κ3) is 7.71. The van der Waals surface area contributed by atoms with E-state index >= 15 is 0 Å². The Bertz CT molecular complexity index is 926. The van der Waals surface area contributed by atoms with Gasteiger partial charge in [0.2, 0.25) is 0 Å². The van der Waals surface area contributed by atoms with Gasteiger partial charge >= 0.3 is 0 Å². The molecule has 0 spiro atoms. The average Bonchev–Trinajstić information content (AvgIpc) is 3.07. The number of nitrogens with zero attached hydrogens (tertiary/aromatic N) is 1. The van der Waals surface area contributed by atoms with Gasteiger partial charge < -0.3 is 29.5 Å². The van der Waals surface area contributed by atoms with Crippen LogP contribution in [0.4, 0.5) is 0 Å². The lowest BCUT2D eigenvalue weighted by Crippen LogP contribution is -2.04. The summed E-state index contributed by atoms with van der Waals surface area (Å²) in [6.07, 6.45) is 1.28. The smallest absolute Gasteiger partial charge is 0.199 e. The largest absolute Gasteiger partial charge is 0.491 e. The highest BCUT2D eigenvalue weighted by atomic mass is 16.5. The third-order valence-electron chi connectivity index (χ3n) is 4.57. The summed E-state index contributed by atoms with van der Waals surface area (Å²) in [7, 11) is 3.32. The standard InChI is InChI=1S/C24H29NO5.H3N/c1-18-23(16-19-6-4-8-21(14-19)28-12-10-26-2)30-24(25-18)17-20-7-5-9-22(15-20)29-13-11-27-3;/h4-9,14-15H,10-13,16-17H2,1-3H3;1H3. The van der Waals surface area contributed by atoms with Gasteiger partial charge in [-0.15, -0.1) is 0 Å². The maximum absolute atomic E-state index is 6.07. The molecule has 168 valence electrons. The zero-order valence-electron chi connectivity index (χ0n) is 18.6. The monoisotopic (exact) mass is 428 g/mol. The van der Waals surface area contributed by atoms with Gasteiger partial charge in [0.25, 0.3) is 0 Å². The van der Waals surface area contributed by atoms with Gasteiger partial charge in [-0.3, -0.25) is 0 Å². The molecule has 0 amide bonds. The van der Waals surface area contributed by atoms with Gasteiger partial charge in [0.15, 0.2) is 5.89 Å². The van der Waals surface area contributed by atoms with Crippen molar-refractivity contribution in [3.63, 3.8) is 0 Å². The van der Waals surface area contributed by atoms with Crippen molar-refractivity contribution in [2.45, 2.75) is 19.8 Å². The van der Waals surface area contributed by atoms with Crippen LogP contribution in [0.3, 0.4) is 0 Å². The molecule has 0 aliphatic carbocycles. The molecule has 0 fully saturated rings. The van der Waals surface area contributed by atoms with E-state index in [-0.39, 0.29) is 6.15 Å². The molecule has 0 aliphatic rings. The van der Waals surface area contributed by atoms with Gasteiger partial charge in [0, 0.05) is 27.1 Å². The maximum atomic E-state index is 6.07. The van der Waals surface area contributed by atoms with Crippen LogP contribution < -0.4 is 15.6 Å². The normalized spacial score (nSPS) is 10.5. The Kier molecular flexibility index (Phi) is 10.0. The summed E-state index contributed by atoms with van der Waals surface area (Å²) in [5.41, 5.74) is 3.11. The summed E-state index contributed by atoms with van der Waals surface area (Å²) in [6, 6.07) is 16.0. The third-order valence-corrected chi connectivity index (χ3v) is 4.57. The Morgan fingerprint density at radius 2 is 1.32 bits per heavy atom. The summed E-state index contributed by atoms with van der Waals surface area (Å²) >= 11 is 0. The fourth-order valence-corrected chi connectivity index (χ4v) is 3.06. The fraction of sp³-hybridized carbons (Fsp3) is 0.375. The van der Waals surface area contributed by atoms with E-state index in [9.17, 15) is 0 Å². The number of methoxy groups -OCH3 is 2. The molecule has 3 N–H and O–H groups in total. The van der Waals surface area contributed by atoms with E-state index in [1.54, 1.807) is 14.2 Å². The second kappa shape index (κ2) is 12.7. The zero-order chi connectivity index (χ0) is 21.2. The molecule has 2 aromatic carbocycles. The van der Waals surface area contributed by atoms with Crippen molar-refractivity contribution in [3.8, 4) is 11.5 Å². The molecule has 0 saturated heterocycles. The molecule has 0 aliphatic heterocycles. The molecule has 1 aromatic heterocycles. The predicted molar refractivity (Wildman–Crippen MR) is 120 cm³/mol. The van der Waals surface area contributed by atoms with Crippen LogP contribution in [0.5, 0.6) is 11.5 Å². The van der Waals surface area contributed by atoms with Crippen molar-refractivity contribution >= 4 is 0 Å². The van der Waals surface area contributed by atoms with Gasteiger partial charge in [-0.25, -0.2) is 4.98 Å². The quantitative estimate of drug-likeness (QED) is 0.428. The van der Waals surface area contributed by atoms with Crippen molar-refractivity contribution in [3.05, 3.63) is 77.0 Å². The summed E-state index contributed by atoms with van der Waals surface area (Å²) in [6.45, 7) is 4.15. The number of oxazole rings is 1. The number of hydrogen-bond donors (Lipinski definition) is 1. The predicted octanol–water partition coefficient (Wildman–Crippen LogP) is 4.38. The Hall–Kier alpha value is -2.87. The number of aromatic nitrogens is 1. The van der Waals surface area contributed by atoms with Gasteiger partial charge in [0.1, 0.15) is 30.5 Å². The molecular formula is C24H32N2O5. The highest BCUT2D eigenvalue weighted by Gasteiger charge is 2.12. The first-order valence-electron chi connectivity index (χ1n) is 10.0. The summed E-state index contributed by atoms with van der Waals surface area (Å²) in [5.74, 6) is 3.21. The van der Waals surface area contributed by atoms with Gasteiger partial charge in [-0.05, 0) is 42.3 Å². The zero-order valence-corrected chi connectivity index (χ0v) is 18.6. The molecule has 0 radical (unpaired) electrons. The van der Waals surface area contributed by atoms with E-state index in [1.807, 2.05) is 49.4 Å². The molecule has 3 aromatic rings. The first kappa shape index (κ1) is 24.4. The summed E-state index contributed by atoms with van der Waals surface area (Å²) in [5, 5.41) is 0. The van der Waals surface area contributed by atoms with E-state index in [4.69, 9.17) is 23.4 Å². The van der Waals surface area contributed by atoms with Crippen molar-refractivity contribution in [2.24, 2.45) is 0 Å². The lowest BCUT2D eigenvalue weighted by atomic mass is 10.1. The molecule has 0 atom stereocenters. The van der Waals surface area contributed by atoms with Crippen molar-refractivity contribution < 1.29 is 23.4 Å². The first-order chi connectivity index (χ1) is 14.7. The molecule has 0 unspecified atom stereocenters. The number of ether oxygens (including phenoxy) is 4. The Morgan fingerprint density at radius 3 is 1.87 bits per heavy atom. The van der Waals surface area contributed by atoms with Crippen molar-refractivity contribution in [2.75, 3.05) is 40.6 Å². The van der Waals surface area contributed by atoms with Crippen LogP contribution in [-0.2, 0) is 22.3 Å². The molecule has 0 saturated carbocycles. The van der Waals surface area contributed by atoms with Crippen LogP contribution in [-0.4, -0.2) is 45.6 Å². The molecular weight excluding hydrogens is 396 g/mol. The highest BCUT2D eigenvalue weighted by molar-refractivity contribution is 5.33. The lowest BCUT2D eigenvalue weighted by Gasteiger charge is -2.07. The number of benzene rings is 2.